The molecule has 2 aromatic rings. The maximum Gasteiger partial charge on any atom is 0.379 e. The Morgan fingerprint density at radius 1 is 1.53 bits per heavy atom. The van der Waals surface area contributed by atoms with Crippen molar-refractivity contribution in [3.8, 4) is 0 Å². The van der Waals surface area contributed by atoms with Crippen LogP contribution in [-0.4, -0.2) is 28.5 Å². The minimum atomic E-state index is -0.545. The second-order valence-corrected chi connectivity index (χ2v) is 5.14. The summed E-state index contributed by atoms with van der Waals surface area (Å²) in [7, 11) is 0. The molecule has 1 aliphatic rings. The second kappa shape index (κ2) is 5.05. The SMILES string of the molecule is CCOC(=O)c1noc(C2CSc3ccccc32)n1. The molecule has 0 spiro atoms. The van der Waals surface area contributed by atoms with E-state index in [1.165, 1.54) is 10.5 Å². The molecule has 6 heteroatoms. The summed E-state index contributed by atoms with van der Waals surface area (Å²) in [5.41, 5.74) is 1.17. The lowest BCUT2D eigenvalue weighted by Gasteiger charge is -2.03. The highest BCUT2D eigenvalue weighted by Crippen LogP contribution is 2.42. The van der Waals surface area contributed by atoms with Crippen molar-refractivity contribution < 1.29 is 14.1 Å². The Kier molecular flexibility index (Phi) is 3.25. The van der Waals surface area contributed by atoms with Gasteiger partial charge in [-0.2, -0.15) is 4.98 Å². The lowest BCUT2D eigenvalue weighted by molar-refractivity contribution is 0.0508. The summed E-state index contributed by atoms with van der Waals surface area (Å²) in [6, 6.07) is 8.11. The van der Waals surface area contributed by atoms with Gasteiger partial charge in [0.15, 0.2) is 0 Å². The average Bonchev–Trinajstić information content (AvgIpc) is 3.05. The summed E-state index contributed by atoms with van der Waals surface area (Å²) in [4.78, 5) is 16.9. The van der Waals surface area contributed by atoms with E-state index >= 15 is 0 Å². The Labute approximate surface area is 114 Å². The third-order valence-corrected chi connectivity index (χ3v) is 4.08. The molecule has 0 saturated heterocycles. The summed E-state index contributed by atoms with van der Waals surface area (Å²) < 4.78 is 10.0. The van der Waals surface area contributed by atoms with Gasteiger partial charge in [0.05, 0.1) is 12.5 Å². The highest BCUT2D eigenvalue weighted by Gasteiger charge is 2.30. The van der Waals surface area contributed by atoms with Gasteiger partial charge >= 0.3 is 5.97 Å². The molecule has 0 amide bonds. The van der Waals surface area contributed by atoms with Gasteiger partial charge in [-0.25, -0.2) is 4.79 Å². The zero-order valence-electron chi connectivity index (χ0n) is 10.3. The number of thioether (sulfide) groups is 1. The number of nitrogens with zero attached hydrogens (tertiary/aromatic N) is 2. The number of aromatic nitrogens is 2. The van der Waals surface area contributed by atoms with Crippen LogP contribution in [0.1, 0.15) is 34.9 Å². The molecule has 19 heavy (non-hydrogen) atoms. The molecule has 2 heterocycles. The zero-order chi connectivity index (χ0) is 13.2. The molecule has 0 fully saturated rings. The number of carbonyl (C=O) groups is 1. The van der Waals surface area contributed by atoms with E-state index in [9.17, 15) is 4.79 Å². The van der Waals surface area contributed by atoms with Crippen molar-refractivity contribution in [2.24, 2.45) is 0 Å². The van der Waals surface area contributed by atoms with Crippen molar-refractivity contribution in [3.63, 3.8) is 0 Å². The predicted octanol–water partition coefficient (Wildman–Crippen LogP) is 2.48. The van der Waals surface area contributed by atoms with E-state index in [1.807, 2.05) is 18.2 Å². The minimum absolute atomic E-state index is 0.00812. The molecule has 3 rings (SSSR count). The van der Waals surface area contributed by atoms with E-state index in [2.05, 4.69) is 16.2 Å². The van der Waals surface area contributed by atoms with Crippen molar-refractivity contribution in [1.29, 1.82) is 0 Å². The van der Waals surface area contributed by atoms with Gasteiger partial charge in [0.25, 0.3) is 5.82 Å². The number of benzene rings is 1. The van der Waals surface area contributed by atoms with Crippen molar-refractivity contribution in [2.45, 2.75) is 17.7 Å². The Morgan fingerprint density at radius 3 is 3.21 bits per heavy atom. The molecule has 0 radical (unpaired) electrons. The van der Waals surface area contributed by atoms with Crippen LogP contribution in [0.15, 0.2) is 33.7 Å². The molecule has 0 aliphatic carbocycles. The molecule has 1 atom stereocenters. The number of esters is 1. The van der Waals surface area contributed by atoms with Crippen LogP contribution < -0.4 is 0 Å². The van der Waals surface area contributed by atoms with E-state index in [0.29, 0.717) is 12.5 Å². The largest absolute Gasteiger partial charge is 0.460 e. The van der Waals surface area contributed by atoms with Gasteiger partial charge in [-0.3, -0.25) is 0 Å². The molecule has 1 unspecified atom stereocenters. The first-order valence-electron chi connectivity index (χ1n) is 6.02. The van der Waals surface area contributed by atoms with Gasteiger partial charge in [0.2, 0.25) is 5.89 Å². The van der Waals surface area contributed by atoms with Gasteiger partial charge in [-0.15, -0.1) is 11.8 Å². The highest BCUT2D eigenvalue weighted by atomic mass is 32.2. The molecule has 0 saturated carbocycles. The van der Waals surface area contributed by atoms with Crippen molar-refractivity contribution >= 4 is 17.7 Å². The van der Waals surface area contributed by atoms with Crippen LogP contribution in [0.4, 0.5) is 0 Å². The maximum absolute atomic E-state index is 11.5. The Morgan fingerprint density at radius 2 is 2.37 bits per heavy atom. The molecule has 1 aromatic heterocycles. The Bertz CT molecular complexity index is 611. The lowest BCUT2D eigenvalue weighted by atomic mass is 10.0. The molecular formula is C13H12N2O3S. The third-order valence-electron chi connectivity index (χ3n) is 2.90. The quantitative estimate of drug-likeness (QED) is 0.802. The predicted molar refractivity (Wildman–Crippen MR) is 69.3 cm³/mol. The third kappa shape index (κ3) is 2.23. The summed E-state index contributed by atoms with van der Waals surface area (Å²) in [6.07, 6.45) is 0. The normalized spacial score (nSPS) is 17.2. The van der Waals surface area contributed by atoms with E-state index in [1.54, 1.807) is 18.7 Å². The second-order valence-electron chi connectivity index (χ2n) is 4.08. The van der Waals surface area contributed by atoms with Crippen LogP contribution in [0.25, 0.3) is 0 Å². The Hall–Kier alpha value is -1.82. The fraction of sp³-hybridized carbons (Fsp3) is 0.308. The van der Waals surface area contributed by atoms with Gasteiger partial charge in [-0.05, 0) is 23.7 Å². The highest BCUT2D eigenvalue weighted by molar-refractivity contribution is 7.99. The van der Waals surface area contributed by atoms with Gasteiger partial charge < -0.3 is 9.26 Å². The fourth-order valence-corrected chi connectivity index (χ4v) is 3.24. The number of hydrogen-bond donors (Lipinski definition) is 0. The van der Waals surface area contributed by atoms with E-state index < -0.39 is 5.97 Å². The van der Waals surface area contributed by atoms with Gasteiger partial charge in [-0.1, -0.05) is 18.2 Å². The Balaban J connectivity index is 1.87. The van der Waals surface area contributed by atoms with E-state index in [4.69, 9.17) is 9.26 Å². The number of ether oxygens (including phenoxy) is 1. The number of carbonyl (C=O) groups excluding carboxylic acids is 1. The molecule has 5 nitrogen and oxygen atoms in total. The first-order chi connectivity index (χ1) is 9.29. The molecule has 98 valence electrons. The van der Waals surface area contributed by atoms with Crippen LogP contribution in [-0.2, 0) is 4.74 Å². The number of rotatable bonds is 3. The van der Waals surface area contributed by atoms with Crippen LogP contribution in [0.3, 0.4) is 0 Å². The average molecular weight is 276 g/mol. The zero-order valence-corrected chi connectivity index (χ0v) is 11.1. The van der Waals surface area contributed by atoms with Crippen LogP contribution >= 0.6 is 11.8 Å². The monoisotopic (exact) mass is 276 g/mol. The minimum Gasteiger partial charge on any atom is -0.460 e. The maximum atomic E-state index is 11.5. The molecule has 1 aliphatic heterocycles. The van der Waals surface area contributed by atoms with Crippen LogP contribution in [0.2, 0.25) is 0 Å². The molecule has 0 bridgehead atoms. The lowest BCUT2D eigenvalue weighted by Crippen LogP contribution is -2.07. The first kappa shape index (κ1) is 12.2. The molecule has 1 aromatic carbocycles. The van der Waals surface area contributed by atoms with Crippen molar-refractivity contribution in [3.05, 3.63) is 41.5 Å². The standard InChI is InChI=1S/C13H12N2O3S/c1-2-17-13(16)11-14-12(18-15-11)9-7-19-10-6-4-3-5-8(9)10/h3-6,9H,2,7H2,1H3. The van der Waals surface area contributed by atoms with Crippen LogP contribution in [0.5, 0.6) is 0 Å². The molecule has 0 N–H and O–H groups in total. The van der Waals surface area contributed by atoms with Crippen molar-refractivity contribution in [2.75, 3.05) is 12.4 Å². The molecular weight excluding hydrogens is 264 g/mol. The first-order valence-corrected chi connectivity index (χ1v) is 7.00. The van der Waals surface area contributed by atoms with Crippen molar-refractivity contribution in [1.82, 2.24) is 10.1 Å². The summed E-state index contributed by atoms with van der Waals surface area (Å²) >= 11 is 1.75. The number of hydrogen-bond acceptors (Lipinski definition) is 6. The van der Waals surface area contributed by atoms with Gasteiger partial charge in [0, 0.05) is 10.6 Å². The summed E-state index contributed by atoms with van der Waals surface area (Å²) in [5, 5.41) is 3.68. The fourth-order valence-electron chi connectivity index (χ4n) is 2.02. The van der Waals surface area contributed by atoms with Gasteiger partial charge in [0.1, 0.15) is 0 Å². The van der Waals surface area contributed by atoms with Crippen LogP contribution in [0, 0.1) is 0 Å². The van der Waals surface area contributed by atoms with E-state index in [-0.39, 0.29) is 11.7 Å². The smallest absolute Gasteiger partial charge is 0.379 e. The summed E-state index contributed by atoms with van der Waals surface area (Å²) in [6.45, 7) is 2.04. The van der Waals surface area contributed by atoms with E-state index in [0.717, 1.165) is 5.75 Å². The topological polar surface area (TPSA) is 65.2 Å². The number of fused-ring (bicyclic) bond motifs is 1. The summed E-state index contributed by atoms with van der Waals surface area (Å²) in [5.74, 6) is 0.823.